The first-order valence-corrected chi connectivity index (χ1v) is 15.4. The van der Waals surface area contributed by atoms with Crippen LogP contribution in [0.1, 0.15) is 47.1 Å². The maximum atomic E-state index is 11.6. The van der Waals surface area contributed by atoms with Gasteiger partial charge in [0.05, 0.1) is 18.2 Å². The highest BCUT2D eigenvalue weighted by Gasteiger charge is 2.28. The number of benzene rings is 2. The number of thiazole rings is 1. The van der Waals surface area contributed by atoms with E-state index in [1.165, 1.54) is 22.3 Å². The minimum atomic E-state index is -0.718. The van der Waals surface area contributed by atoms with Crippen LogP contribution in [-0.2, 0) is 29.0 Å². The molecule has 3 aromatic rings. The van der Waals surface area contributed by atoms with E-state index in [2.05, 4.69) is 53.3 Å². The van der Waals surface area contributed by atoms with Crippen molar-refractivity contribution < 1.29 is 19.4 Å². The van der Waals surface area contributed by atoms with Gasteiger partial charge in [0.15, 0.2) is 5.13 Å². The fourth-order valence-electron chi connectivity index (χ4n) is 6.49. The van der Waals surface area contributed by atoms with E-state index in [0.29, 0.717) is 19.2 Å². The van der Waals surface area contributed by atoms with Gasteiger partial charge in [0.25, 0.3) is 0 Å². The number of fused-ring (bicyclic) bond motifs is 1. The van der Waals surface area contributed by atoms with Gasteiger partial charge in [0.1, 0.15) is 12.4 Å². The van der Waals surface area contributed by atoms with E-state index in [1.54, 1.807) is 11.3 Å². The average Bonchev–Trinajstić information content (AvgIpc) is 3.63. The number of piperidine rings is 1. The van der Waals surface area contributed by atoms with Crippen LogP contribution in [0.25, 0.3) is 11.3 Å². The van der Waals surface area contributed by atoms with Gasteiger partial charge in [-0.3, -0.25) is 9.69 Å². The summed E-state index contributed by atoms with van der Waals surface area (Å²) in [6, 6.07) is 11.3. The van der Waals surface area contributed by atoms with E-state index in [9.17, 15) is 9.90 Å². The highest BCUT2D eigenvalue weighted by atomic mass is 32.1. The molecule has 6 rings (SSSR count). The Labute approximate surface area is 240 Å². The van der Waals surface area contributed by atoms with Crippen LogP contribution in [0.15, 0.2) is 35.7 Å². The molecule has 0 amide bonds. The van der Waals surface area contributed by atoms with Gasteiger partial charge in [0.2, 0.25) is 0 Å². The zero-order valence-electron chi connectivity index (χ0n) is 23.5. The third kappa shape index (κ3) is 5.62. The van der Waals surface area contributed by atoms with Gasteiger partial charge in [-0.2, -0.15) is 0 Å². The molecule has 2 aromatic carbocycles. The van der Waals surface area contributed by atoms with Crippen LogP contribution in [0.2, 0.25) is 0 Å². The SMILES string of the molecule is Cc1cccc(-c2csc(N3CCC[C@H](C(=O)O)C3)n2)c1OCc1ccc2c(c1C)CCN(C1CCOC1)CC2. The fourth-order valence-corrected chi connectivity index (χ4v) is 7.35. The summed E-state index contributed by atoms with van der Waals surface area (Å²) < 4.78 is 12.2. The van der Waals surface area contributed by atoms with Crippen molar-refractivity contribution in [1.82, 2.24) is 9.88 Å². The van der Waals surface area contributed by atoms with Crippen molar-refractivity contribution in [2.24, 2.45) is 5.92 Å². The molecule has 0 spiro atoms. The molecule has 0 radical (unpaired) electrons. The minimum absolute atomic E-state index is 0.331. The van der Waals surface area contributed by atoms with E-state index in [4.69, 9.17) is 14.5 Å². The Hall–Kier alpha value is -2.94. The molecule has 1 unspecified atom stereocenters. The van der Waals surface area contributed by atoms with Crippen molar-refractivity contribution in [2.75, 3.05) is 44.3 Å². The Bertz CT molecular complexity index is 1370. The molecule has 8 heteroatoms. The van der Waals surface area contributed by atoms with Crippen LogP contribution in [0.4, 0.5) is 5.13 Å². The summed E-state index contributed by atoms with van der Waals surface area (Å²) in [6.07, 6.45) is 4.91. The number of aromatic nitrogens is 1. The number of hydrogen-bond donors (Lipinski definition) is 1. The van der Waals surface area contributed by atoms with Crippen LogP contribution in [-0.4, -0.2) is 66.4 Å². The van der Waals surface area contributed by atoms with Crippen molar-refractivity contribution in [3.05, 3.63) is 63.5 Å². The molecule has 1 aromatic heterocycles. The number of ether oxygens (including phenoxy) is 2. The maximum Gasteiger partial charge on any atom is 0.308 e. The summed E-state index contributed by atoms with van der Waals surface area (Å²) in [5.74, 6) is -0.184. The Morgan fingerprint density at radius 2 is 2.02 bits per heavy atom. The Morgan fingerprint density at radius 3 is 2.85 bits per heavy atom. The average molecular weight is 562 g/mol. The number of nitrogens with zero attached hydrogens (tertiary/aromatic N) is 3. The molecule has 2 atom stereocenters. The lowest BCUT2D eigenvalue weighted by Gasteiger charge is -2.30. The van der Waals surface area contributed by atoms with E-state index >= 15 is 0 Å². The molecular formula is C32H39N3O4S. The number of carbonyl (C=O) groups is 1. The van der Waals surface area contributed by atoms with Crippen LogP contribution in [0.3, 0.4) is 0 Å². The summed E-state index contributed by atoms with van der Waals surface area (Å²) in [6.45, 7) is 10.2. The monoisotopic (exact) mass is 561 g/mol. The van der Waals surface area contributed by atoms with E-state index in [0.717, 1.165) is 92.7 Å². The van der Waals surface area contributed by atoms with Crippen LogP contribution in [0, 0.1) is 19.8 Å². The minimum Gasteiger partial charge on any atom is -0.488 e. The highest BCUT2D eigenvalue weighted by Crippen LogP contribution is 2.37. The van der Waals surface area contributed by atoms with Gasteiger partial charge in [-0.1, -0.05) is 24.3 Å². The number of aryl methyl sites for hydroxylation is 1. The first-order valence-electron chi connectivity index (χ1n) is 14.6. The summed E-state index contributed by atoms with van der Waals surface area (Å²) >= 11 is 1.58. The Morgan fingerprint density at radius 1 is 1.15 bits per heavy atom. The first-order chi connectivity index (χ1) is 19.5. The zero-order chi connectivity index (χ0) is 27.6. The molecule has 0 bridgehead atoms. The van der Waals surface area contributed by atoms with Crippen molar-refractivity contribution in [2.45, 2.75) is 58.6 Å². The number of rotatable bonds is 7. The second-order valence-electron chi connectivity index (χ2n) is 11.4. The lowest BCUT2D eigenvalue weighted by molar-refractivity contribution is -0.141. The van der Waals surface area contributed by atoms with Crippen LogP contribution in [0.5, 0.6) is 5.75 Å². The van der Waals surface area contributed by atoms with E-state index in [1.807, 2.05) is 6.07 Å². The number of para-hydroxylation sites is 1. The maximum absolute atomic E-state index is 11.6. The van der Waals surface area contributed by atoms with Gasteiger partial charge in [-0.25, -0.2) is 4.98 Å². The Balaban J connectivity index is 1.18. The Kier molecular flexibility index (Phi) is 8.10. The van der Waals surface area contributed by atoms with Gasteiger partial charge in [0, 0.05) is 49.8 Å². The normalized spacial score (nSPS) is 21.7. The molecule has 1 N–H and O–H groups in total. The molecule has 0 saturated carbocycles. The van der Waals surface area contributed by atoms with Crippen molar-refractivity contribution in [3.63, 3.8) is 0 Å². The quantitative estimate of drug-likeness (QED) is 0.409. The molecule has 3 aliphatic heterocycles. The highest BCUT2D eigenvalue weighted by molar-refractivity contribution is 7.14. The lowest BCUT2D eigenvalue weighted by atomic mass is 9.94. The molecule has 0 aliphatic carbocycles. The fraction of sp³-hybridized carbons (Fsp3) is 0.500. The summed E-state index contributed by atoms with van der Waals surface area (Å²) in [4.78, 5) is 21.2. The third-order valence-electron chi connectivity index (χ3n) is 8.94. The van der Waals surface area contributed by atoms with Gasteiger partial charge in [-0.05, 0) is 79.8 Å². The molecule has 3 aliphatic rings. The summed E-state index contributed by atoms with van der Waals surface area (Å²) in [5, 5.41) is 12.4. The van der Waals surface area contributed by atoms with Crippen LogP contribution >= 0.6 is 11.3 Å². The number of carboxylic acid groups (broad SMARTS) is 1. The van der Waals surface area contributed by atoms with E-state index < -0.39 is 5.97 Å². The predicted octanol–water partition coefficient (Wildman–Crippen LogP) is 5.50. The third-order valence-corrected chi connectivity index (χ3v) is 9.84. The van der Waals surface area contributed by atoms with Crippen molar-refractivity contribution in [1.29, 1.82) is 0 Å². The predicted molar refractivity (Wildman–Crippen MR) is 159 cm³/mol. The smallest absolute Gasteiger partial charge is 0.308 e. The molecule has 4 heterocycles. The molecular weight excluding hydrogens is 522 g/mol. The number of carboxylic acids is 1. The largest absolute Gasteiger partial charge is 0.488 e. The second kappa shape index (κ2) is 11.9. The zero-order valence-corrected chi connectivity index (χ0v) is 24.3. The second-order valence-corrected chi connectivity index (χ2v) is 12.3. The van der Waals surface area contributed by atoms with Gasteiger partial charge in [-0.15, -0.1) is 11.3 Å². The number of anilines is 1. The molecule has 212 valence electrons. The number of hydrogen-bond acceptors (Lipinski definition) is 7. The topological polar surface area (TPSA) is 75.1 Å². The first kappa shape index (κ1) is 27.2. The lowest BCUT2D eigenvalue weighted by Crippen LogP contribution is -2.38. The number of aliphatic carboxylic acids is 1. The molecule has 2 fully saturated rings. The van der Waals surface area contributed by atoms with Crippen LogP contribution < -0.4 is 9.64 Å². The summed E-state index contributed by atoms with van der Waals surface area (Å²) in [5.41, 5.74) is 8.48. The van der Waals surface area contributed by atoms with Crippen molar-refractivity contribution >= 4 is 22.4 Å². The molecule has 2 saturated heterocycles. The molecule has 40 heavy (non-hydrogen) atoms. The molecule has 7 nitrogen and oxygen atoms in total. The van der Waals surface area contributed by atoms with Gasteiger partial charge >= 0.3 is 5.97 Å². The van der Waals surface area contributed by atoms with Gasteiger partial charge < -0.3 is 19.5 Å². The summed E-state index contributed by atoms with van der Waals surface area (Å²) in [7, 11) is 0. The standard InChI is InChI=1S/C32H39N3O4S/c1-21-5-3-7-28(29-20-40-32(33-29)35-13-4-6-24(17-35)31(36)37)30(21)39-18-25-9-8-23-10-14-34(26-12-16-38-19-26)15-11-27(23)22(25)2/h3,5,7-9,20,24,26H,4,6,10-19H2,1-2H3,(H,36,37)/t24-,26?/m0/s1. The van der Waals surface area contributed by atoms with Crippen molar-refractivity contribution in [3.8, 4) is 17.0 Å². The van der Waals surface area contributed by atoms with E-state index in [-0.39, 0.29) is 5.92 Å².